The van der Waals surface area contributed by atoms with Crippen molar-refractivity contribution in [1.82, 2.24) is 0 Å². The zero-order chi connectivity index (χ0) is 10.6. The average molecular weight is 242 g/mol. The Morgan fingerprint density at radius 1 is 1.47 bits per heavy atom. The lowest BCUT2D eigenvalue weighted by molar-refractivity contribution is -0.194. The van der Waals surface area contributed by atoms with Crippen molar-refractivity contribution in [2.24, 2.45) is 11.7 Å². The van der Waals surface area contributed by atoms with E-state index in [0.717, 1.165) is 6.42 Å². The van der Waals surface area contributed by atoms with Crippen LogP contribution in [0.1, 0.15) is 12.8 Å². The van der Waals surface area contributed by atoms with E-state index in [0.29, 0.717) is 6.42 Å². The molecule has 0 aromatic carbocycles. The first kappa shape index (κ1) is 15.1. The number of hydrogen-bond donors (Lipinski definition) is 2. The molecule has 1 rings (SSSR count). The SMILES string of the molecule is COC1CC(C(N)CCO)C(OC)O1.Cl. The second kappa shape index (κ2) is 7.38. The van der Waals surface area contributed by atoms with Crippen LogP contribution in [0.3, 0.4) is 0 Å². The van der Waals surface area contributed by atoms with E-state index in [9.17, 15) is 0 Å². The summed E-state index contributed by atoms with van der Waals surface area (Å²) in [6, 6.07) is -0.106. The average Bonchev–Trinajstić information content (AvgIpc) is 2.61. The monoisotopic (exact) mass is 241 g/mol. The summed E-state index contributed by atoms with van der Waals surface area (Å²) in [5, 5.41) is 8.79. The molecule has 0 aromatic rings. The molecule has 0 spiro atoms. The van der Waals surface area contributed by atoms with Gasteiger partial charge in [-0.2, -0.15) is 0 Å². The summed E-state index contributed by atoms with van der Waals surface area (Å²) in [6.45, 7) is 0.0890. The highest BCUT2D eigenvalue weighted by Gasteiger charge is 2.38. The molecule has 1 heterocycles. The molecule has 1 saturated heterocycles. The van der Waals surface area contributed by atoms with Gasteiger partial charge in [-0.25, -0.2) is 0 Å². The van der Waals surface area contributed by atoms with Crippen LogP contribution in [0.2, 0.25) is 0 Å². The molecule has 0 aliphatic carbocycles. The van der Waals surface area contributed by atoms with Crippen LogP contribution in [0.4, 0.5) is 0 Å². The van der Waals surface area contributed by atoms with Crippen molar-refractivity contribution >= 4 is 12.4 Å². The summed E-state index contributed by atoms with van der Waals surface area (Å²) >= 11 is 0. The molecule has 0 radical (unpaired) electrons. The van der Waals surface area contributed by atoms with Crippen LogP contribution in [-0.4, -0.2) is 44.6 Å². The molecule has 0 amide bonds. The number of methoxy groups -OCH3 is 2. The van der Waals surface area contributed by atoms with Crippen molar-refractivity contribution in [1.29, 1.82) is 0 Å². The van der Waals surface area contributed by atoms with E-state index < -0.39 is 0 Å². The molecule has 1 fully saturated rings. The highest BCUT2D eigenvalue weighted by molar-refractivity contribution is 5.85. The number of hydrogen-bond acceptors (Lipinski definition) is 5. The van der Waals surface area contributed by atoms with Crippen molar-refractivity contribution in [2.45, 2.75) is 31.5 Å². The molecule has 1 aliphatic heterocycles. The molecule has 92 valence electrons. The smallest absolute Gasteiger partial charge is 0.164 e. The number of aliphatic hydroxyl groups is 1. The minimum absolute atomic E-state index is 0. The Kier molecular flexibility index (Phi) is 7.42. The summed E-state index contributed by atoms with van der Waals surface area (Å²) in [6.07, 6.45) is 0.719. The maximum atomic E-state index is 8.79. The Morgan fingerprint density at radius 2 is 2.13 bits per heavy atom. The van der Waals surface area contributed by atoms with Gasteiger partial charge < -0.3 is 25.1 Å². The first-order valence-corrected chi connectivity index (χ1v) is 4.80. The van der Waals surface area contributed by atoms with Crippen LogP contribution in [0.25, 0.3) is 0 Å². The van der Waals surface area contributed by atoms with Crippen molar-refractivity contribution in [2.75, 3.05) is 20.8 Å². The lowest BCUT2D eigenvalue weighted by atomic mass is 9.95. The molecule has 0 aromatic heterocycles. The van der Waals surface area contributed by atoms with Gasteiger partial charge in [-0.3, -0.25) is 0 Å². The Morgan fingerprint density at radius 3 is 2.60 bits per heavy atom. The lowest BCUT2D eigenvalue weighted by Crippen LogP contribution is -2.36. The van der Waals surface area contributed by atoms with Crippen LogP contribution < -0.4 is 5.73 Å². The van der Waals surface area contributed by atoms with Gasteiger partial charge in [0.25, 0.3) is 0 Å². The number of rotatable bonds is 5. The zero-order valence-corrected chi connectivity index (χ0v) is 9.90. The Bertz CT molecular complexity index is 172. The van der Waals surface area contributed by atoms with Gasteiger partial charge in [-0.15, -0.1) is 12.4 Å². The Labute approximate surface area is 96.3 Å². The third-order valence-electron chi connectivity index (χ3n) is 2.61. The van der Waals surface area contributed by atoms with E-state index in [4.69, 9.17) is 25.1 Å². The van der Waals surface area contributed by atoms with Crippen molar-refractivity contribution in [3.8, 4) is 0 Å². The topological polar surface area (TPSA) is 73.9 Å². The van der Waals surface area contributed by atoms with E-state index in [1.54, 1.807) is 14.2 Å². The maximum absolute atomic E-state index is 8.79. The normalized spacial score (nSPS) is 32.4. The van der Waals surface area contributed by atoms with Crippen molar-refractivity contribution in [3.63, 3.8) is 0 Å². The summed E-state index contributed by atoms with van der Waals surface area (Å²) in [7, 11) is 3.18. The Balaban J connectivity index is 0.00000196. The van der Waals surface area contributed by atoms with Gasteiger partial charge in [0.2, 0.25) is 0 Å². The van der Waals surface area contributed by atoms with Gasteiger partial charge in [0.05, 0.1) is 0 Å². The molecular formula is C9H20ClNO4. The molecule has 5 nitrogen and oxygen atoms in total. The summed E-state index contributed by atoms with van der Waals surface area (Å²) in [5.74, 6) is 0.0945. The van der Waals surface area contributed by atoms with Crippen LogP contribution >= 0.6 is 12.4 Å². The van der Waals surface area contributed by atoms with Gasteiger partial charge in [0, 0.05) is 39.2 Å². The number of ether oxygens (including phenoxy) is 3. The minimum atomic E-state index is -0.318. The molecule has 4 unspecified atom stereocenters. The number of halogens is 1. The molecule has 4 atom stereocenters. The quantitative estimate of drug-likeness (QED) is 0.714. The molecule has 15 heavy (non-hydrogen) atoms. The largest absolute Gasteiger partial charge is 0.396 e. The van der Waals surface area contributed by atoms with E-state index in [2.05, 4.69) is 0 Å². The summed E-state index contributed by atoms with van der Waals surface area (Å²) in [5.41, 5.74) is 5.90. The van der Waals surface area contributed by atoms with Gasteiger partial charge in [-0.1, -0.05) is 0 Å². The summed E-state index contributed by atoms with van der Waals surface area (Å²) in [4.78, 5) is 0. The lowest BCUT2D eigenvalue weighted by Gasteiger charge is -2.21. The fourth-order valence-electron chi connectivity index (χ4n) is 1.76. The van der Waals surface area contributed by atoms with Crippen LogP contribution in [0.15, 0.2) is 0 Å². The van der Waals surface area contributed by atoms with Crippen molar-refractivity contribution < 1.29 is 19.3 Å². The fourth-order valence-corrected chi connectivity index (χ4v) is 1.76. The number of aliphatic hydroxyl groups excluding tert-OH is 1. The molecule has 1 aliphatic rings. The van der Waals surface area contributed by atoms with Gasteiger partial charge in [-0.05, 0) is 6.42 Å². The predicted octanol–water partition coefficient (Wildman–Crippen LogP) is 0.0994. The van der Waals surface area contributed by atoms with Crippen LogP contribution in [-0.2, 0) is 14.2 Å². The van der Waals surface area contributed by atoms with Crippen molar-refractivity contribution in [3.05, 3.63) is 0 Å². The standard InChI is InChI=1S/C9H19NO4.ClH/c1-12-8-5-6(7(10)3-4-11)9(13-2)14-8;/h6-9,11H,3-5,10H2,1-2H3;1H. The highest BCUT2D eigenvalue weighted by atomic mass is 35.5. The van der Waals surface area contributed by atoms with E-state index in [-0.39, 0.29) is 43.6 Å². The molecule has 0 saturated carbocycles. The first-order valence-electron chi connectivity index (χ1n) is 4.80. The van der Waals surface area contributed by atoms with Crippen LogP contribution in [0.5, 0.6) is 0 Å². The first-order chi connectivity index (χ1) is 6.72. The van der Waals surface area contributed by atoms with Gasteiger partial charge in [0.15, 0.2) is 12.6 Å². The zero-order valence-electron chi connectivity index (χ0n) is 9.09. The Hall–Kier alpha value is 0.0900. The molecule has 0 bridgehead atoms. The fraction of sp³-hybridized carbons (Fsp3) is 1.00. The second-order valence-electron chi connectivity index (χ2n) is 3.48. The van der Waals surface area contributed by atoms with Gasteiger partial charge >= 0.3 is 0 Å². The second-order valence-corrected chi connectivity index (χ2v) is 3.48. The third kappa shape index (κ3) is 3.86. The molecule has 3 N–H and O–H groups in total. The summed E-state index contributed by atoms with van der Waals surface area (Å²) < 4.78 is 15.7. The maximum Gasteiger partial charge on any atom is 0.164 e. The van der Waals surface area contributed by atoms with E-state index in [1.807, 2.05) is 0 Å². The highest BCUT2D eigenvalue weighted by Crippen LogP contribution is 2.30. The molecule has 6 heteroatoms. The van der Waals surface area contributed by atoms with Gasteiger partial charge in [0.1, 0.15) is 0 Å². The predicted molar refractivity (Wildman–Crippen MR) is 57.7 cm³/mol. The van der Waals surface area contributed by atoms with E-state index >= 15 is 0 Å². The minimum Gasteiger partial charge on any atom is -0.396 e. The number of nitrogens with two attached hydrogens (primary N) is 1. The van der Waals surface area contributed by atoms with E-state index in [1.165, 1.54) is 0 Å². The third-order valence-corrected chi connectivity index (χ3v) is 2.61. The molecular weight excluding hydrogens is 222 g/mol. The van der Waals surface area contributed by atoms with Crippen LogP contribution in [0, 0.1) is 5.92 Å².